The van der Waals surface area contributed by atoms with Crippen LogP contribution >= 0.6 is 0 Å². The fourth-order valence-corrected chi connectivity index (χ4v) is 2.97. The minimum absolute atomic E-state index is 0.181. The average molecular weight is 326 g/mol. The van der Waals surface area contributed by atoms with Gasteiger partial charge in [0.2, 0.25) is 0 Å². The molecule has 5 nitrogen and oxygen atoms in total. The van der Waals surface area contributed by atoms with Crippen LogP contribution in [0.1, 0.15) is 36.4 Å². The van der Waals surface area contributed by atoms with Crippen molar-refractivity contribution in [2.45, 2.75) is 25.3 Å². The van der Waals surface area contributed by atoms with Crippen molar-refractivity contribution < 1.29 is 14.6 Å². The van der Waals surface area contributed by atoms with Gasteiger partial charge in [-0.3, -0.25) is 0 Å². The third kappa shape index (κ3) is 3.79. The summed E-state index contributed by atoms with van der Waals surface area (Å²) in [4.78, 5) is 12.2. The summed E-state index contributed by atoms with van der Waals surface area (Å²) in [5.41, 5.74) is 2.01. The number of hydrogen-bond acceptors (Lipinski definition) is 3. The highest BCUT2D eigenvalue weighted by atomic mass is 16.5. The Morgan fingerprint density at radius 2 is 2.12 bits per heavy atom. The number of carbonyl (C=O) groups is 1. The Morgan fingerprint density at radius 1 is 1.29 bits per heavy atom. The number of urea groups is 1. The molecule has 0 aliphatic carbocycles. The predicted molar refractivity (Wildman–Crippen MR) is 92.4 cm³/mol. The number of phenolic OH excluding ortho intramolecular Hbond substituents is 1. The van der Waals surface area contributed by atoms with Gasteiger partial charge in [-0.25, -0.2) is 4.79 Å². The second kappa shape index (κ2) is 7.25. The standard InChI is InChI=1S/C19H22N2O3/c1-13(14-5-4-6-16(22)11-14)21-19(23)20-12-15-9-10-24-18-8-3-2-7-17(15)18/h2-8,11,13,15,22H,9-10,12H2,1H3,(H2,20,21,23)/t13-,15+/m1/s1. The smallest absolute Gasteiger partial charge is 0.315 e. The molecule has 5 heteroatoms. The molecule has 0 aromatic heterocycles. The fraction of sp³-hybridized carbons (Fsp3) is 0.316. The first-order valence-corrected chi connectivity index (χ1v) is 8.18. The number of carbonyl (C=O) groups excluding carboxylic acids is 1. The third-order valence-corrected chi connectivity index (χ3v) is 4.31. The van der Waals surface area contributed by atoms with Crippen LogP contribution in [0.2, 0.25) is 0 Å². The largest absolute Gasteiger partial charge is 0.508 e. The molecule has 2 amide bonds. The summed E-state index contributed by atoms with van der Waals surface area (Å²) in [6, 6.07) is 14.5. The summed E-state index contributed by atoms with van der Waals surface area (Å²) in [5, 5.41) is 15.4. The molecule has 126 valence electrons. The van der Waals surface area contributed by atoms with Gasteiger partial charge in [-0.1, -0.05) is 30.3 Å². The Kier molecular flexibility index (Phi) is 4.89. The van der Waals surface area contributed by atoms with Gasteiger partial charge >= 0.3 is 6.03 Å². The lowest BCUT2D eigenvalue weighted by Crippen LogP contribution is -2.39. The summed E-state index contributed by atoms with van der Waals surface area (Å²) in [6.07, 6.45) is 0.888. The summed E-state index contributed by atoms with van der Waals surface area (Å²) >= 11 is 0. The highest BCUT2D eigenvalue weighted by Crippen LogP contribution is 2.32. The molecule has 1 aliphatic heterocycles. The number of aromatic hydroxyl groups is 1. The number of nitrogens with one attached hydrogen (secondary N) is 2. The average Bonchev–Trinajstić information content (AvgIpc) is 2.60. The van der Waals surface area contributed by atoms with E-state index in [9.17, 15) is 9.90 Å². The van der Waals surface area contributed by atoms with Crippen molar-refractivity contribution in [3.8, 4) is 11.5 Å². The monoisotopic (exact) mass is 326 g/mol. The minimum atomic E-state index is -0.213. The van der Waals surface area contributed by atoms with Crippen molar-refractivity contribution in [1.82, 2.24) is 10.6 Å². The van der Waals surface area contributed by atoms with Crippen molar-refractivity contribution in [2.75, 3.05) is 13.2 Å². The van der Waals surface area contributed by atoms with Crippen LogP contribution in [0.3, 0.4) is 0 Å². The van der Waals surface area contributed by atoms with E-state index in [-0.39, 0.29) is 23.7 Å². The van der Waals surface area contributed by atoms with E-state index in [0.717, 1.165) is 23.3 Å². The molecule has 0 unspecified atom stereocenters. The van der Waals surface area contributed by atoms with E-state index in [4.69, 9.17) is 4.74 Å². The van der Waals surface area contributed by atoms with Gasteiger partial charge in [-0.15, -0.1) is 0 Å². The molecule has 24 heavy (non-hydrogen) atoms. The van der Waals surface area contributed by atoms with Gasteiger partial charge in [-0.2, -0.15) is 0 Å². The van der Waals surface area contributed by atoms with Crippen LogP contribution < -0.4 is 15.4 Å². The van der Waals surface area contributed by atoms with Gasteiger partial charge in [-0.05, 0) is 42.7 Å². The van der Waals surface area contributed by atoms with Crippen LogP contribution in [-0.2, 0) is 0 Å². The molecule has 2 aromatic rings. The summed E-state index contributed by atoms with van der Waals surface area (Å²) < 4.78 is 5.64. The van der Waals surface area contributed by atoms with E-state index >= 15 is 0 Å². The highest BCUT2D eigenvalue weighted by Gasteiger charge is 2.21. The first-order valence-electron chi connectivity index (χ1n) is 8.18. The minimum Gasteiger partial charge on any atom is -0.508 e. The van der Waals surface area contributed by atoms with Gasteiger partial charge in [0, 0.05) is 12.5 Å². The van der Waals surface area contributed by atoms with Gasteiger partial charge in [0.15, 0.2) is 0 Å². The molecule has 0 radical (unpaired) electrons. The van der Waals surface area contributed by atoms with E-state index in [1.807, 2.05) is 37.3 Å². The van der Waals surface area contributed by atoms with E-state index < -0.39 is 0 Å². The van der Waals surface area contributed by atoms with E-state index in [2.05, 4.69) is 10.6 Å². The zero-order valence-corrected chi connectivity index (χ0v) is 13.7. The SMILES string of the molecule is C[C@@H](NC(=O)NC[C@@H]1CCOc2ccccc21)c1cccc(O)c1. The molecule has 1 heterocycles. The second-order valence-electron chi connectivity index (χ2n) is 6.04. The number of fused-ring (bicyclic) bond motifs is 1. The predicted octanol–water partition coefficient (Wildman–Crippen LogP) is 3.32. The first-order chi connectivity index (χ1) is 11.6. The van der Waals surface area contributed by atoms with Gasteiger partial charge in [0.1, 0.15) is 11.5 Å². The fourth-order valence-electron chi connectivity index (χ4n) is 2.97. The zero-order valence-electron chi connectivity index (χ0n) is 13.7. The second-order valence-corrected chi connectivity index (χ2v) is 6.04. The Hall–Kier alpha value is -2.69. The van der Waals surface area contributed by atoms with E-state index in [1.165, 1.54) is 0 Å². The maximum atomic E-state index is 12.2. The van der Waals surface area contributed by atoms with Gasteiger partial charge < -0.3 is 20.5 Å². The number of benzene rings is 2. The summed E-state index contributed by atoms with van der Waals surface area (Å²) in [5.74, 6) is 1.36. The molecule has 2 atom stereocenters. The number of hydrogen-bond donors (Lipinski definition) is 3. The van der Waals surface area contributed by atoms with Crippen LogP contribution in [0.4, 0.5) is 4.79 Å². The maximum Gasteiger partial charge on any atom is 0.315 e. The number of phenols is 1. The van der Waals surface area contributed by atoms with Crippen molar-refractivity contribution in [3.63, 3.8) is 0 Å². The zero-order chi connectivity index (χ0) is 16.9. The summed E-state index contributed by atoms with van der Waals surface area (Å²) in [7, 11) is 0. The molecule has 2 aromatic carbocycles. The lowest BCUT2D eigenvalue weighted by atomic mass is 9.93. The van der Waals surface area contributed by atoms with E-state index in [1.54, 1.807) is 18.2 Å². The number of para-hydroxylation sites is 1. The normalized spacial score (nSPS) is 17.3. The Morgan fingerprint density at radius 3 is 2.96 bits per heavy atom. The quantitative estimate of drug-likeness (QED) is 0.807. The Labute approximate surface area is 141 Å². The van der Waals surface area contributed by atoms with Crippen molar-refractivity contribution >= 4 is 6.03 Å². The lowest BCUT2D eigenvalue weighted by Gasteiger charge is -2.26. The molecule has 0 fully saturated rings. The number of ether oxygens (including phenoxy) is 1. The lowest BCUT2D eigenvalue weighted by molar-refractivity contribution is 0.233. The van der Waals surface area contributed by atoms with Crippen molar-refractivity contribution in [1.29, 1.82) is 0 Å². The van der Waals surface area contributed by atoms with Crippen molar-refractivity contribution in [2.24, 2.45) is 0 Å². The molecule has 0 saturated carbocycles. The van der Waals surface area contributed by atoms with E-state index in [0.29, 0.717) is 13.2 Å². The number of amides is 2. The highest BCUT2D eigenvalue weighted by molar-refractivity contribution is 5.74. The van der Waals surface area contributed by atoms with Crippen LogP contribution in [-0.4, -0.2) is 24.3 Å². The number of rotatable bonds is 4. The molecule has 0 saturated heterocycles. The molecule has 0 bridgehead atoms. The van der Waals surface area contributed by atoms with Gasteiger partial charge in [0.05, 0.1) is 12.6 Å². The van der Waals surface area contributed by atoms with Crippen molar-refractivity contribution in [3.05, 3.63) is 59.7 Å². The summed E-state index contributed by atoms with van der Waals surface area (Å²) in [6.45, 7) is 3.13. The van der Waals surface area contributed by atoms with Crippen LogP contribution in [0.5, 0.6) is 11.5 Å². The van der Waals surface area contributed by atoms with Crippen LogP contribution in [0.25, 0.3) is 0 Å². The molecular formula is C19H22N2O3. The molecule has 3 N–H and O–H groups in total. The maximum absolute atomic E-state index is 12.2. The third-order valence-electron chi connectivity index (χ3n) is 4.31. The molecular weight excluding hydrogens is 304 g/mol. The molecule has 1 aliphatic rings. The molecule has 3 rings (SSSR count). The van der Waals surface area contributed by atoms with Crippen LogP contribution in [0, 0.1) is 0 Å². The van der Waals surface area contributed by atoms with Gasteiger partial charge in [0.25, 0.3) is 0 Å². The molecule has 0 spiro atoms. The topological polar surface area (TPSA) is 70.6 Å². The first kappa shape index (κ1) is 16.2. The Balaban J connectivity index is 1.55. The Bertz CT molecular complexity index is 717. The van der Waals surface area contributed by atoms with Crippen LogP contribution in [0.15, 0.2) is 48.5 Å².